The molecule has 1 N–H and O–H groups in total. The number of carbonyl (C=O) groups excluding carboxylic acids is 1. The van der Waals surface area contributed by atoms with Gasteiger partial charge >= 0.3 is 0 Å². The molecule has 1 aliphatic rings. The van der Waals surface area contributed by atoms with Gasteiger partial charge in [0, 0.05) is 17.9 Å². The highest BCUT2D eigenvalue weighted by molar-refractivity contribution is 14.1. The number of aliphatic hydroxyl groups excluding tert-OH is 1. The topological polar surface area (TPSA) is 68.2 Å². The second kappa shape index (κ2) is 13.3. The van der Waals surface area contributed by atoms with Gasteiger partial charge in [0.25, 0.3) is 0 Å². The third-order valence-electron chi connectivity index (χ3n) is 6.32. The number of ether oxygens (including phenoxy) is 3. The molecule has 0 bridgehead atoms. The summed E-state index contributed by atoms with van der Waals surface area (Å²) in [6.45, 7) is 2.53. The van der Waals surface area contributed by atoms with Crippen molar-refractivity contribution in [2.24, 2.45) is 0 Å². The molecular weight excluding hydrogens is 569 g/mol. The van der Waals surface area contributed by atoms with Gasteiger partial charge in [0.2, 0.25) is 5.91 Å². The Balaban J connectivity index is 1.65. The lowest BCUT2D eigenvalue weighted by Crippen LogP contribution is -2.65. The molecule has 3 aromatic rings. The van der Waals surface area contributed by atoms with E-state index in [1.165, 1.54) is 6.92 Å². The Bertz CT molecular complexity index is 1070. The molecule has 36 heavy (non-hydrogen) atoms. The second-order valence-corrected chi connectivity index (χ2v) is 9.75. The zero-order chi connectivity index (χ0) is 25.3. The number of hydrogen-bond acceptors (Lipinski definition) is 5. The molecule has 190 valence electrons. The van der Waals surface area contributed by atoms with Crippen molar-refractivity contribution in [3.05, 3.63) is 108 Å². The maximum absolute atomic E-state index is 12.9. The highest BCUT2D eigenvalue weighted by Gasteiger charge is 2.49. The van der Waals surface area contributed by atoms with E-state index in [0.29, 0.717) is 24.2 Å². The summed E-state index contributed by atoms with van der Waals surface area (Å²) < 4.78 is 19.6. The van der Waals surface area contributed by atoms with E-state index in [2.05, 4.69) is 22.6 Å². The van der Waals surface area contributed by atoms with E-state index in [-0.39, 0.29) is 5.91 Å². The molecule has 0 aliphatic carbocycles. The van der Waals surface area contributed by atoms with Crippen molar-refractivity contribution in [2.45, 2.75) is 57.3 Å². The number of amides is 1. The molecule has 1 saturated heterocycles. The summed E-state index contributed by atoms with van der Waals surface area (Å²) in [5, 5.41) is 11.2. The molecule has 1 heterocycles. The molecule has 0 saturated carbocycles. The summed E-state index contributed by atoms with van der Waals surface area (Å²) in [5.41, 5.74) is 2.99. The van der Waals surface area contributed by atoms with Gasteiger partial charge in [-0.1, -0.05) is 114 Å². The van der Waals surface area contributed by atoms with Crippen LogP contribution in [-0.2, 0) is 38.8 Å². The number of rotatable bonds is 10. The van der Waals surface area contributed by atoms with Crippen molar-refractivity contribution in [3.8, 4) is 0 Å². The van der Waals surface area contributed by atoms with Crippen LogP contribution in [0, 0.1) is 0 Å². The predicted molar refractivity (Wildman–Crippen MR) is 146 cm³/mol. The second-order valence-electron chi connectivity index (χ2n) is 8.86. The Morgan fingerprint density at radius 3 is 1.78 bits per heavy atom. The van der Waals surface area contributed by atoms with Gasteiger partial charge in [-0.25, -0.2) is 0 Å². The van der Waals surface area contributed by atoms with Crippen LogP contribution in [0.25, 0.3) is 0 Å². The quantitative estimate of drug-likeness (QED) is 0.269. The number of hydrogen-bond donors (Lipinski definition) is 1. The number of alkyl halides is 1. The van der Waals surface area contributed by atoms with Gasteiger partial charge < -0.3 is 24.2 Å². The third-order valence-corrected chi connectivity index (χ3v) is 7.18. The predicted octanol–water partition coefficient (Wildman–Crippen LogP) is 4.73. The highest BCUT2D eigenvalue weighted by atomic mass is 127. The van der Waals surface area contributed by atoms with Crippen LogP contribution in [0.3, 0.4) is 0 Å². The Kier molecular flexibility index (Phi) is 9.89. The van der Waals surface area contributed by atoms with Crippen molar-refractivity contribution in [1.29, 1.82) is 0 Å². The van der Waals surface area contributed by atoms with Crippen LogP contribution in [0.15, 0.2) is 91.0 Å². The summed E-state index contributed by atoms with van der Waals surface area (Å²) in [4.78, 5) is 14.5. The van der Waals surface area contributed by atoms with Crippen LogP contribution in [-0.4, -0.2) is 51.0 Å². The van der Waals surface area contributed by atoms with Crippen molar-refractivity contribution in [1.82, 2.24) is 4.90 Å². The van der Waals surface area contributed by atoms with Gasteiger partial charge in [0.15, 0.2) is 6.29 Å². The van der Waals surface area contributed by atoms with E-state index in [9.17, 15) is 9.90 Å². The summed E-state index contributed by atoms with van der Waals surface area (Å²) in [5.74, 6) is -0.172. The fourth-order valence-electron chi connectivity index (χ4n) is 4.50. The fraction of sp³-hybridized carbons (Fsp3) is 0.345. The first kappa shape index (κ1) is 26.8. The molecule has 7 heteroatoms. The largest absolute Gasteiger partial charge is 0.368 e. The van der Waals surface area contributed by atoms with Gasteiger partial charge in [0.1, 0.15) is 18.2 Å². The molecule has 0 aromatic heterocycles. The Labute approximate surface area is 226 Å². The van der Waals surface area contributed by atoms with Crippen LogP contribution < -0.4 is 0 Å². The van der Waals surface area contributed by atoms with Crippen LogP contribution in [0.1, 0.15) is 23.6 Å². The molecule has 0 radical (unpaired) electrons. The highest BCUT2D eigenvalue weighted by Crippen LogP contribution is 2.32. The molecular formula is C29H32INO5. The summed E-state index contributed by atoms with van der Waals surface area (Å²) in [6.07, 6.45) is -2.71. The maximum atomic E-state index is 12.9. The molecule has 6 nitrogen and oxygen atoms in total. The number of nitrogens with zero attached hydrogens (tertiary/aromatic N) is 1. The van der Waals surface area contributed by atoms with Gasteiger partial charge in [-0.2, -0.15) is 0 Å². The average Bonchev–Trinajstić information content (AvgIpc) is 2.91. The SMILES string of the molecule is CC(=O)N(Cc1ccccc1)[C@@H]1[C@@H](OCc2ccccc2)[C@H](OCc2ccccc2)[C@@H](CI)O[C@@H]1O. The minimum absolute atomic E-state index is 0.172. The van der Waals surface area contributed by atoms with E-state index in [4.69, 9.17) is 14.2 Å². The number of halogens is 1. The average molecular weight is 601 g/mol. The van der Waals surface area contributed by atoms with Gasteiger partial charge in [0.05, 0.1) is 19.3 Å². The lowest BCUT2D eigenvalue weighted by atomic mass is 9.94. The Hall–Kier alpha value is -2.30. The number of benzene rings is 3. The summed E-state index contributed by atoms with van der Waals surface area (Å²) in [7, 11) is 0. The van der Waals surface area contributed by atoms with Gasteiger partial charge in [-0.15, -0.1) is 0 Å². The molecule has 5 atom stereocenters. The minimum atomic E-state index is -1.21. The lowest BCUT2D eigenvalue weighted by molar-refractivity contribution is -0.280. The van der Waals surface area contributed by atoms with Crippen molar-refractivity contribution >= 4 is 28.5 Å². The molecule has 0 unspecified atom stereocenters. The minimum Gasteiger partial charge on any atom is -0.368 e. The first-order chi connectivity index (χ1) is 17.6. The fourth-order valence-corrected chi connectivity index (χ4v) is 5.21. The summed E-state index contributed by atoms with van der Waals surface area (Å²) >= 11 is 2.24. The van der Waals surface area contributed by atoms with Crippen molar-refractivity contribution in [2.75, 3.05) is 4.43 Å². The first-order valence-corrected chi connectivity index (χ1v) is 13.6. The van der Waals surface area contributed by atoms with E-state index in [1.54, 1.807) is 4.90 Å². The monoisotopic (exact) mass is 601 g/mol. The van der Waals surface area contributed by atoms with Crippen LogP contribution in [0.2, 0.25) is 0 Å². The smallest absolute Gasteiger partial charge is 0.220 e. The molecule has 4 rings (SSSR count). The zero-order valence-electron chi connectivity index (χ0n) is 20.3. The van der Waals surface area contributed by atoms with E-state index >= 15 is 0 Å². The summed E-state index contributed by atoms with van der Waals surface area (Å²) in [6, 6.07) is 28.8. The molecule has 1 aliphatic heterocycles. The maximum Gasteiger partial charge on any atom is 0.220 e. The third kappa shape index (κ3) is 6.92. The Morgan fingerprint density at radius 1 is 0.833 bits per heavy atom. The van der Waals surface area contributed by atoms with Gasteiger partial charge in [-0.05, 0) is 16.7 Å². The number of aliphatic hydroxyl groups is 1. The van der Waals surface area contributed by atoms with Crippen LogP contribution in [0.5, 0.6) is 0 Å². The molecule has 3 aromatic carbocycles. The van der Waals surface area contributed by atoms with E-state index in [0.717, 1.165) is 16.7 Å². The standard InChI is InChI=1S/C29H32INO5/c1-21(32)31(18-22-11-5-2-6-12-22)26-28(35-20-24-15-9-4-10-16-24)27(25(17-30)36-29(26)33)34-19-23-13-7-3-8-14-23/h2-16,25-29,33H,17-20H2,1H3/t25-,26-,27-,28-,29+/m1/s1. The van der Waals surface area contributed by atoms with Crippen molar-refractivity contribution < 1.29 is 24.1 Å². The van der Waals surface area contributed by atoms with Crippen molar-refractivity contribution in [3.63, 3.8) is 0 Å². The number of carbonyl (C=O) groups is 1. The normalized spacial score (nSPS) is 23.8. The van der Waals surface area contributed by atoms with E-state index in [1.807, 2.05) is 91.0 Å². The van der Waals surface area contributed by atoms with E-state index < -0.39 is 30.6 Å². The van der Waals surface area contributed by atoms with Crippen LogP contribution >= 0.6 is 22.6 Å². The molecule has 1 fully saturated rings. The molecule has 0 spiro atoms. The Morgan fingerprint density at radius 2 is 1.31 bits per heavy atom. The molecule has 1 amide bonds. The van der Waals surface area contributed by atoms with Crippen LogP contribution in [0.4, 0.5) is 0 Å². The first-order valence-electron chi connectivity index (χ1n) is 12.1. The van der Waals surface area contributed by atoms with Gasteiger partial charge in [-0.3, -0.25) is 4.79 Å². The lowest BCUT2D eigenvalue weighted by Gasteiger charge is -2.48. The zero-order valence-corrected chi connectivity index (χ0v) is 22.4.